The van der Waals surface area contributed by atoms with Gasteiger partial charge in [0.25, 0.3) is 5.91 Å². The Kier molecular flexibility index (Phi) is 18.6. The second-order valence-corrected chi connectivity index (χ2v) is 8.74. The number of hydrogen-bond acceptors (Lipinski definition) is 4. The highest BCUT2D eigenvalue weighted by Crippen LogP contribution is 2.27. The molecule has 39 heavy (non-hydrogen) atoms. The van der Waals surface area contributed by atoms with Gasteiger partial charge in [0.1, 0.15) is 0 Å². The highest BCUT2D eigenvalue weighted by Gasteiger charge is 2.11. The van der Waals surface area contributed by atoms with Crippen molar-refractivity contribution in [1.29, 1.82) is 0 Å². The molecule has 0 aliphatic rings. The fourth-order valence-corrected chi connectivity index (χ4v) is 3.27. The van der Waals surface area contributed by atoms with Gasteiger partial charge in [0, 0.05) is 25.1 Å². The molecule has 0 unspecified atom stereocenters. The molecule has 2 amide bonds. The number of allylic oxidation sites excluding steroid dienone is 12. The molecule has 1 aromatic carbocycles. The van der Waals surface area contributed by atoms with Crippen LogP contribution in [0.1, 0.15) is 63.9 Å². The second-order valence-electron chi connectivity index (χ2n) is 8.74. The van der Waals surface area contributed by atoms with Crippen LogP contribution in [0.5, 0.6) is 11.5 Å². The first-order valence-corrected chi connectivity index (χ1v) is 13.6. The van der Waals surface area contributed by atoms with Crippen LogP contribution in [-0.2, 0) is 9.59 Å². The quantitative estimate of drug-likeness (QED) is 0.0680. The summed E-state index contributed by atoms with van der Waals surface area (Å²) in [5.74, 6) is -1.07. The minimum absolute atomic E-state index is 0.0777. The van der Waals surface area contributed by atoms with E-state index in [1.807, 2.05) is 6.08 Å². The van der Waals surface area contributed by atoms with Gasteiger partial charge in [0.2, 0.25) is 5.91 Å². The molecule has 210 valence electrons. The minimum atomic E-state index is -0.410. The first kappa shape index (κ1) is 33.0. The predicted octanol–water partition coefficient (Wildman–Crippen LogP) is 6.82. The zero-order chi connectivity index (χ0) is 28.6. The molecule has 1 rings (SSSR count). The van der Waals surface area contributed by atoms with E-state index in [1.165, 1.54) is 18.2 Å². The summed E-state index contributed by atoms with van der Waals surface area (Å²) in [5.41, 5.74) is 0.567. The molecule has 0 aromatic heterocycles. The third-order valence-electron chi connectivity index (χ3n) is 5.47. The van der Waals surface area contributed by atoms with Crippen LogP contribution in [0.2, 0.25) is 0 Å². The number of benzene rings is 1. The van der Waals surface area contributed by atoms with Gasteiger partial charge in [-0.25, -0.2) is 0 Å². The lowest BCUT2D eigenvalue weighted by atomic mass is 10.1. The van der Waals surface area contributed by atoms with E-state index in [0.29, 0.717) is 24.9 Å². The van der Waals surface area contributed by atoms with Crippen LogP contribution in [0, 0.1) is 0 Å². The highest BCUT2D eigenvalue weighted by molar-refractivity contribution is 6.18. The average Bonchev–Trinajstić information content (AvgIpc) is 2.93. The van der Waals surface area contributed by atoms with Crippen molar-refractivity contribution in [3.63, 3.8) is 0 Å². The first-order chi connectivity index (χ1) is 19.0. The second kappa shape index (κ2) is 22.0. The Morgan fingerprint density at radius 3 is 1.72 bits per heavy atom. The largest absolute Gasteiger partial charge is 0.504 e. The fraction of sp³-hybridized carbons (Fsp3) is 0.333. The summed E-state index contributed by atoms with van der Waals surface area (Å²) < 4.78 is 0. The molecule has 0 heterocycles. The van der Waals surface area contributed by atoms with E-state index in [4.69, 9.17) is 0 Å². The summed E-state index contributed by atoms with van der Waals surface area (Å²) in [7, 11) is 0. The van der Waals surface area contributed by atoms with Gasteiger partial charge in [-0.05, 0) is 62.6 Å². The summed E-state index contributed by atoms with van der Waals surface area (Å²) >= 11 is 0. The number of carbonyl (C=O) groups excluding carboxylic acids is 2. The third-order valence-corrected chi connectivity index (χ3v) is 5.47. The molecule has 1 aromatic rings. The summed E-state index contributed by atoms with van der Waals surface area (Å²) in [4.78, 5) is 24.1. The van der Waals surface area contributed by atoms with Gasteiger partial charge in [-0.1, -0.05) is 92.5 Å². The van der Waals surface area contributed by atoms with Gasteiger partial charge in [0.05, 0.1) is 0 Å². The number of phenols is 2. The fourth-order valence-electron chi connectivity index (χ4n) is 3.27. The monoisotopic (exact) mass is 532 g/mol. The standard InChI is InChI=1S/C33H44N2O4/c1-3-4-5-6-7-8-9-10-11-12-13-14-15-16-17-18-19-20-21-22-32(38)34-25-26-35-33(39)28(2)29-23-24-30(36)31(37)27-29/h4-5,7-8,10-11,13-14,16-17,19-20,23-24,27,36-37H,2-3,6,9,12,15,18,21-22,25-26H2,1H3,(H,34,38)(H,35,39)/b5-4+,8-7+,11-10+,14-13+,17-16+,20-19+. The van der Waals surface area contributed by atoms with Gasteiger partial charge >= 0.3 is 0 Å². The van der Waals surface area contributed by atoms with E-state index < -0.39 is 5.91 Å². The van der Waals surface area contributed by atoms with Gasteiger partial charge in [0.15, 0.2) is 11.5 Å². The minimum Gasteiger partial charge on any atom is -0.504 e. The topological polar surface area (TPSA) is 98.7 Å². The van der Waals surface area contributed by atoms with Crippen LogP contribution < -0.4 is 10.6 Å². The molecule has 0 bridgehead atoms. The van der Waals surface area contributed by atoms with Crippen molar-refractivity contribution in [2.75, 3.05) is 13.1 Å². The molecular weight excluding hydrogens is 488 g/mol. The molecule has 0 spiro atoms. The zero-order valence-corrected chi connectivity index (χ0v) is 23.1. The molecule has 0 saturated heterocycles. The molecule has 0 fully saturated rings. The number of phenolic OH excluding ortho intramolecular Hbond substituents is 2. The number of hydrogen-bond donors (Lipinski definition) is 4. The lowest BCUT2D eigenvalue weighted by molar-refractivity contribution is -0.121. The SMILES string of the molecule is C=C(C(=O)NCCNC(=O)CC/C=C/C/C=C/C/C=C/C/C=C/C/C=C/C/C=C/CC)c1ccc(O)c(O)c1. The molecule has 0 radical (unpaired) electrons. The third kappa shape index (κ3) is 17.1. The van der Waals surface area contributed by atoms with E-state index in [2.05, 4.69) is 91.0 Å². The van der Waals surface area contributed by atoms with Crippen molar-refractivity contribution in [2.45, 2.75) is 58.3 Å². The smallest absolute Gasteiger partial charge is 0.251 e. The Morgan fingerprint density at radius 2 is 1.21 bits per heavy atom. The van der Waals surface area contributed by atoms with Crippen LogP contribution in [0.15, 0.2) is 97.7 Å². The van der Waals surface area contributed by atoms with Gasteiger partial charge in [-0.15, -0.1) is 0 Å². The molecule has 0 aliphatic heterocycles. The summed E-state index contributed by atoms with van der Waals surface area (Å²) in [6.45, 7) is 6.42. The van der Waals surface area contributed by atoms with Crippen molar-refractivity contribution in [3.05, 3.63) is 103 Å². The first-order valence-electron chi connectivity index (χ1n) is 13.6. The van der Waals surface area contributed by atoms with E-state index in [-0.39, 0.29) is 29.5 Å². The van der Waals surface area contributed by atoms with E-state index in [9.17, 15) is 19.8 Å². The Morgan fingerprint density at radius 1 is 0.718 bits per heavy atom. The van der Waals surface area contributed by atoms with Crippen molar-refractivity contribution in [1.82, 2.24) is 10.6 Å². The van der Waals surface area contributed by atoms with E-state index >= 15 is 0 Å². The number of carbonyl (C=O) groups is 2. The van der Waals surface area contributed by atoms with Crippen LogP contribution in [0.25, 0.3) is 5.57 Å². The van der Waals surface area contributed by atoms with Crippen LogP contribution in [0.4, 0.5) is 0 Å². The highest BCUT2D eigenvalue weighted by atomic mass is 16.3. The number of aromatic hydroxyl groups is 2. The maximum Gasteiger partial charge on any atom is 0.251 e. The lowest BCUT2D eigenvalue weighted by Crippen LogP contribution is -2.34. The molecular formula is C33H44N2O4. The number of rotatable bonds is 19. The number of nitrogens with one attached hydrogen (secondary N) is 2. The Hall–Kier alpha value is -4.06. The summed E-state index contributed by atoms with van der Waals surface area (Å²) in [6, 6.07) is 4.06. The van der Waals surface area contributed by atoms with Crippen molar-refractivity contribution >= 4 is 17.4 Å². The molecule has 0 saturated carbocycles. The van der Waals surface area contributed by atoms with E-state index in [1.54, 1.807) is 0 Å². The summed E-state index contributed by atoms with van der Waals surface area (Å²) in [6.07, 6.45) is 32.6. The van der Waals surface area contributed by atoms with E-state index in [0.717, 1.165) is 38.5 Å². The Bertz CT molecular complexity index is 1060. The molecule has 0 aliphatic carbocycles. The normalized spacial score (nSPS) is 12.1. The predicted molar refractivity (Wildman–Crippen MR) is 162 cm³/mol. The lowest BCUT2D eigenvalue weighted by Gasteiger charge is -2.09. The van der Waals surface area contributed by atoms with Gasteiger partial charge in [-0.3, -0.25) is 9.59 Å². The van der Waals surface area contributed by atoms with Crippen LogP contribution in [-0.4, -0.2) is 35.1 Å². The maximum atomic E-state index is 12.2. The van der Waals surface area contributed by atoms with Crippen molar-refractivity contribution < 1.29 is 19.8 Å². The average molecular weight is 533 g/mol. The summed E-state index contributed by atoms with van der Waals surface area (Å²) in [5, 5.41) is 24.3. The van der Waals surface area contributed by atoms with Gasteiger partial charge in [-0.2, -0.15) is 0 Å². The Balaban J connectivity index is 2.04. The van der Waals surface area contributed by atoms with Crippen molar-refractivity contribution in [3.8, 4) is 11.5 Å². The molecule has 6 heteroatoms. The van der Waals surface area contributed by atoms with Crippen LogP contribution >= 0.6 is 0 Å². The van der Waals surface area contributed by atoms with Crippen molar-refractivity contribution in [2.24, 2.45) is 0 Å². The molecule has 0 atom stereocenters. The van der Waals surface area contributed by atoms with Crippen LogP contribution in [0.3, 0.4) is 0 Å². The molecule has 4 N–H and O–H groups in total. The van der Waals surface area contributed by atoms with Gasteiger partial charge < -0.3 is 20.8 Å². The Labute approximate surface area is 233 Å². The maximum absolute atomic E-state index is 12.2. The number of amides is 2. The zero-order valence-electron chi connectivity index (χ0n) is 23.1. The molecule has 6 nitrogen and oxygen atoms in total.